The fourth-order valence-electron chi connectivity index (χ4n) is 1.75. The van der Waals surface area contributed by atoms with Crippen LogP contribution in [-0.2, 0) is 4.74 Å². The van der Waals surface area contributed by atoms with E-state index in [0.717, 1.165) is 31.8 Å². The molecule has 0 amide bonds. The Morgan fingerprint density at radius 1 is 1.47 bits per heavy atom. The van der Waals surface area contributed by atoms with Crippen LogP contribution in [0.3, 0.4) is 0 Å². The van der Waals surface area contributed by atoms with Crippen molar-refractivity contribution in [2.75, 3.05) is 13.2 Å². The van der Waals surface area contributed by atoms with E-state index in [2.05, 4.69) is 4.98 Å². The van der Waals surface area contributed by atoms with Gasteiger partial charge >= 0.3 is 0 Å². The van der Waals surface area contributed by atoms with Crippen LogP contribution in [0.15, 0.2) is 24.4 Å². The number of hydrogen-bond acceptors (Lipinski definition) is 5. The van der Waals surface area contributed by atoms with Crippen LogP contribution in [0.4, 0.5) is 0 Å². The molecule has 5 nitrogen and oxygen atoms in total. The minimum absolute atomic E-state index is 0. The molecule has 2 rings (SSSR count). The molecule has 102 valence electrons. The van der Waals surface area contributed by atoms with Crippen LogP contribution >= 0.6 is 0 Å². The molecule has 0 saturated carbocycles. The first-order valence-electron chi connectivity index (χ1n) is 5.85. The smallest absolute Gasteiger partial charge is 0.138 e. The van der Waals surface area contributed by atoms with Crippen molar-refractivity contribution in [1.29, 1.82) is 5.26 Å². The van der Waals surface area contributed by atoms with E-state index in [1.165, 1.54) is 6.08 Å². The monoisotopic (exact) mass is 285 g/mol. The summed E-state index contributed by atoms with van der Waals surface area (Å²) in [6.07, 6.45) is 4.89. The zero-order valence-electron chi connectivity index (χ0n) is 10.4. The van der Waals surface area contributed by atoms with Gasteiger partial charge in [-0.05, 0) is 12.1 Å². The van der Waals surface area contributed by atoms with Gasteiger partial charge in [0.15, 0.2) is 0 Å². The fraction of sp³-hybridized carbons (Fsp3) is 0.385. The van der Waals surface area contributed by atoms with Crippen LogP contribution in [-0.4, -0.2) is 24.3 Å². The van der Waals surface area contributed by atoms with Crippen molar-refractivity contribution in [2.45, 2.75) is 18.9 Å². The number of nitrogens with zero attached hydrogens (tertiary/aromatic N) is 2. The molecule has 1 aliphatic rings. The molecule has 1 saturated heterocycles. The van der Waals surface area contributed by atoms with Gasteiger partial charge in [0.2, 0.25) is 0 Å². The molecule has 0 radical (unpaired) electrons. The van der Waals surface area contributed by atoms with Gasteiger partial charge in [-0.2, -0.15) is 5.26 Å². The second-order valence-corrected chi connectivity index (χ2v) is 4.04. The molecule has 0 bridgehead atoms. The van der Waals surface area contributed by atoms with E-state index in [0.29, 0.717) is 11.4 Å². The van der Waals surface area contributed by atoms with Crippen molar-refractivity contribution < 1.29 is 47.2 Å². The van der Waals surface area contributed by atoms with Crippen LogP contribution in [0.25, 0.3) is 5.70 Å². The first kappa shape index (κ1) is 16.3. The van der Waals surface area contributed by atoms with Crippen molar-refractivity contribution in [3.05, 3.63) is 30.1 Å². The Hall–Kier alpha value is -0.800. The minimum Gasteiger partial charge on any atom is -0.489 e. The van der Waals surface area contributed by atoms with Crippen LogP contribution in [0.5, 0.6) is 5.75 Å². The van der Waals surface area contributed by atoms with Crippen LogP contribution in [0.2, 0.25) is 0 Å². The molecule has 0 atom stereocenters. The second-order valence-electron chi connectivity index (χ2n) is 4.04. The number of nitriles is 1. The Bertz CT molecular complexity index is 462. The Balaban J connectivity index is 0.00000180. The molecule has 0 spiro atoms. The maximum Gasteiger partial charge on any atom is 0.138 e. The summed E-state index contributed by atoms with van der Waals surface area (Å²) in [6, 6.07) is 5.44. The van der Waals surface area contributed by atoms with Crippen LogP contribution < -0.4 is 10.5 Å². The van der Waals surface area contributed by atoms with E-state index in [1.807, 2.05) is 12.1 Å². The van der Waals surface area contributed by atoms with Gasteiger partial charge in [-0.15, -0.1) is 0 Å². The molecule has 6 heteroatoms. The van der Waals surface area contributed by atoms with Crippen LogP contribution in [0.1, 0.15) is 18.5 Å². The summed E-state index contributed by atoms with van der Waals surface area (Å²) in [6.45, 7) is 1.49. The molecular formula is C13H15ArN3O2. The van der Waals surface area contributed by atoms with Gasteiger partial charge in [0.05, 0.1) is 36.9 Å². The average Bonchev–Trinajstić information content (AvgIpc) is 2.41. The number of allylic oxidation sites excluding steroid dienone is 1. The van der Waals surface area contributed by atoms with Gasteiger partial charge in [0, 0.05) is 56.7 Å². The first-order valence-corrected chi connectivity index (χ1v) is 5.85. The third-order valence-corrected chi connectivity index (χ3v) is 2.72. The van der Waals surface area contributed by atoms with Gasteiger partial charge in [0.25, 0.3) is 0 Å². The third kappa shape index (κ3) is 5.00. The third-order valence-electron chi connectivity index (χ3n) is 2.72. The summed E-state index contributed by atoms with van der Waals surface area (Å²) in [5.41, 5.74) is 6.59. The molecular weight excluding hydrogens is 270 g/mol. The number of ether oxygens (including phenoxy) is 2. The number of nitrogens with two attached hydrogens (primary N) is 1. The molecule has 2 heterocycles. The van der Waals surface area contributed by atoms with Gasteiger partial charge in [-0.25, -0.2) is 0 Å². The number of hydrogen-bond donors (Lipinski definition) is 1. The maximum absolute atomic E-state index is 8.50. The zero-order valence-corrected chi connectivity index (χ0v) is 11.1. The standard InChI is InChI=1S/C13H15N3O2.Ar/c14-6-3-12(15)13-2-1-11(9-16-13)18-10-4-7-17-8-5-10;/h1-3,9-10H,4-5,7-8,15H2;/b12-3-;. The molecule has 19 heavy (non-hydrogen) atoms. The van der Waals surface area contributed by atoms with E-state index >= 15 is 0 Å². The fourth-order valence-corrected chi connectivity index (χ4v) is 1.75. The quantitative estimate of drug-likeness (QED) is 0.850. The topological polar surface area (TPSA) is 81.2 Å². The predicted molar refractivity (Wildman–Crippen MR) is 66.5 cm³/mol. The van der Waals surface area contributed by atoms with Crippen molar-refractivity contribution in [2.24, 2.45) is 5.73 Å². The van der Waals surface area contributed by atoms with Gasteiger partial charge in [0.1, 0.15) is 11.9 Å². The molecule has 0 aliphatic carbocycles. The predicted octanol–water partition coefficient (Wildman–Crippen LogP) is 1.46. The SMILES string of the molecule is N#C/C=C(\N)c1ccc(OC2CCOCC2)cn1.[Ar]. The van der Waals surface area contributed by atoms with Crippen molar-refractivity contribution in [3.8, 4) is 11.8 Å². The maximum atomic E-state index is 8.50. The van der Waals surface area contributed by atoms with E-state index in [1.54, 1.807) is 12.3 Å². The molecule has 1 aliphatic heterocycles. The minimum atomic E-state index is 0. The zero-order chi connectivity index (χ0) is 12.8. The number of rotatable bonds is 3. The molecule has 1 aromatic rings. The molecule has 0 aromatic carbocycles. The van der Waals surface area contributed by atoms with Gasteiger partial charge < -0.3 is 15.2 Å². The molecule has 2 N–H and O–H groups in total. The average molecular weight is 285 g/mol. The van der Waals surface area contributed by atoms with Crippen molar-refractivity contribution in [1.82, 2.24) is 4.98 Å². The molecule has 1 aromatic heterocycles. The Labute approximate surface area is 142 Å². The normalized spacial score (nSPS) is 16.3. The van der Waals surface area contributed by atoms with Crippen LogP contribution in [0, 0.1) is 49.1 Å². The largest absolute Gasteiger partial charge is 0.489 e. The summed E-state index contributed by atoms with van der Waals surface area (Å²) >= 11 is 0. The Kier molecular flexibility index (Phi) is 7.17. The van der Waals surface area contributed by atoms with E-state index in [-0.39, 0.29) is 43.8 Å². The summed E-state index contributed by atoms with van der Waals surface area (Å²) in [5.74, 6) is 0.718. The summed E-state index contributed by atoms with van der Waals surface area (Å²) in [7, 11) is 0. The van der Waals surface area contributed by atoms with E-state index < -0.39 is 0 Å². The summed E-state index contributed by atoms with van der Waals surface area (Å²) < 4.78 is 11.0. The summed E-state index contributed by atoms with van der Waals surface area (Å²) in [4.78, 5) is 4.16. The number of pyridine rings is 1. The van der Waals surface area contributed by atoms with Gasteiger partial charge in [-0.3, -0.25) is 4.98 Å². The first-order chi connectivity index (χ1) is 8.79. The Morgan fingerprint density at radius 2 is 2.21 bits per heavy atom. The van der Waals surface area contributed by atoms with E-state index in [4.69, 9.17) is 20.5 Å². The second kappa shape index (κ2) is 8.39. The van der Waals surface area contributed by atoms with Crippen molar-refractivity contribution in [3.63, 3.8) is 0 Å². The Morgan fingerprint density at radius 3 is 2.79 bits per heavy atom. The molecule has 0 unspecified atom stereocenters. The summed E-state index contributed by atoms with van der Waals surface area (Å²) in [5, 5.41) is 8.50. The van der Waals surface area contributed by atoms with Crippen molar-refractivity contribution >= 4 is 5.70 Å². The number of aromatic nitrogens is 1. The molecule has 1 fully saturated rings. The van der Waals surface area contributed by atoms with E-state index in [9.17, 15) is 0 Å². The van der Waals surface area contributed by atoms with Gasteiger partial charge in [-0.1, -0.05) is 0 Å².